The molecule has 0 saturated heterocycles. The second-order valence-electron chi connectivity index (χ2n) is 11.6. The summed E-state index contributed by atoms with van der Waals surface area (Å²) < 4.78 is 0. The van der Waals surface area contributed by atoms with Crippen LogP contribution < -0.4 is 0 Å². The molecule has 0 aromatic heterocycles. The highest BCUT2D eigenvalue weighted by Crippen LogP contribution is 2.67. The summed E-state index contributed by atoms with van der Waals surface area (Å²) in [5.41, 5.74) is 1.70. The molecule has 2 nitrogen and oxygen atoms in total. The van der Waals surface area contributed by atoms with Crippen LogP contribution in [0.15, 0.2) is 11.6 Å². The highest BCUT2D eigenvalue weighted by molar-refractivity contribution is 5.25. The van der Waals surface area contributed by atoms with Gasteiger partial charge >= 0.3 is 0 Å². The Hall–Kier alpha value is -0.340. The molecule has 8 atom stereocenters. The first-order valence-electron chi connectivity index (χ1n) is 12.3. The summed E-state index contributed by atoms with van der Waals surface area (Å²) in [6, 6.07) is 0. The van der Waals surface area contributed by atoms with Gasteiger partial charge in [0.15, 0.2) is 0 Å². The Kier molecular flexibility index (Phi) is 5.54. The van der Waals surface area contributed by atoms with Gasteiger partial charge in [0, 0.05) is 0 Å². The summed E-state index contributed by atoms with van der Waals surface area (Å²) >= 11 is 0. The average molecular weight is 389 g/mol. The van der Waals surface area contributed by atoms with Crippen LogP contribution in [0.2, 0.25) is 0 Å². The van der Waals surface area contributed by atoms with E-state index < -0.39 is 5.60 Å². The van der Waals surface area contributed by atoms with Crippen LogP contribution in [0.25, 0.3) is 0 Å². The number of fused-ring (bicyclic) bond motifs is 5. The molecule has 4 aliphatic rings. The number of allylic oxidation sites excluding steroid dienone is 1. The van der Waals surface area contributed by atoms with E-state index in [-0.39, 0.29) is 6.10 Å². The third-order valence-electron chi connectivity index (χ3n) is 10.1. The van der Waals surface area contributed by atoms with Crippen molar-refractivity contribution >= 4 is 0 Å². The number of unbranched alkanes of at least 4 members (excludes halogenated alkanes) is 2. The quantitative estimate of drug-likeness (QED) is 0.431. The zero-order valence-corrected chi connectivity index (χ0v) is 18.8. The van der Waals surface area contributed by atoms with Gasteiger partial charge in [0.2, 0.25) is 0 Å². The van der Waals surface area contributed by atoms with Gasteiger partial charge in [-0.3, -0.25) is 0 Å². The first kappa shape index (κ1) is 20.9. The van der Waals surface area contributed by atoms with Crippen molar-refractivity contribution in [3.8, 4) is 0 Å². The Morgan fingerprint density at radius 1 is 1.07 bits per heavy atom. The molecule has 160 valence electrons. The Morgan fingerprint density at radius 2 is 1.86 bits per heavy atom. The molecule has 3 fully saturated rings. The molecule has 28 heavy (non-hydrogen) atoms. The molecule has 3 saturated carbocycles. The van der Waals surface area contributed by atoms with E-state index in [2.05, 4.69) is 33.8 Å². The van der Waals surface area contributed by atoms with E-state index in [1.807, 2.05) is 0 Å². The second kappa shape index (κ2) is 7.41. The number of aliphatic hydroxyl groups is 2. The lowest BCUT2D eigenvalue weighted by atomic mass is 9.46. The van der Waals surface area contributed by atoms with Gasteiger partial charge in [-0.2, -0.15) is 0 Å². The number of rotatable bonds is 5. The SMILES string of the molecule is CCCCC[C@](C)(O)[C@H]1CCC2C3CC=C4C[C@@H](O)CC[C@]4(C)C3CC[C@@]21C. The molecular formula is C26H44O2. The van der Waals surface area contributed by atoms with Crippen molar-refractivity contribution in [2.24, 2.45) is 34.5 Å². The second-order valence-corrected chi connectivity index (χ2v) is 11.6. The Morgan fingerprint density at radius 3 is 2.61 bits per heavy atom. The van der Waals surface area contributed by atoms with Gasteiger partial charge in [-0.05, 0) is 99.2 Å². The Bertz CT molecular complexity index is 608. The minimum Gasteiger partial charge on any atom is -0.393 e. The van der Waals surface area contributed by atoms with Gasteiger partial charge in [-0.1, -0.05) is 51.7 Å². The van der Waals surface area contributed by atoms with Crippen molar-refractivity contribution in [2.75, 3.05) is 0 Å². The van der Waals surface area contributed by atoms with Gasteiger partial charge in [-0.15, -0.1) is 0 Å². The molecule has 0 spiro atoms. The summed E-state index contributed by atoms with van der Waals surface area (Å²) in [5, 5.41) is 21.7. The standard InChI is InChI=1S/C26H44O2/c1-5-6-7-14-26(4,28)23-11-10-21-20-9-8-18-17-19(27)12-15-24(18,2)22(20)13-16-25(21,23)3/h8,19-23,27-28H,5-7,9-17H2,1-4H3/t19-,20?,21?,22?,23-,24-,25-,26-/m0/s1. The third-order valence-corrected chi connectivity index (χ3v) is 10.1. The van der Waals surface area contributed by atoms with E-state index >= 15 is 0 Å². The van der Waals surface area contributed by atoms with Crippen molar-refractivity contribution in [3.05, 3.63) is 11.6 Å². The highest BCUT2D eigenvalue weighted by atomic mass is 16.3. The van der Waals surface area contributed by atoms with E-state index in [1.165, 1.54) is 57.8 Å². The van der Waals surface area contributed by atoms with Crippen molar-refractivity contribution < 1.29 is 10.2 Å². The topological polar surface area (TPSA) is 40.5 Å². The van der Waals surface area contributed by atoms with Crippen LogP contribution in [-0.2, 0) is 0 Å². The third kappa shape index (κ3) is 3.22. The molecule has 4 aliphatic carbocycles. The van der Waals surface area contributed by atoms with Crippen LogP contribution >= 0.6 is 0 Å². The van der Waals surface area contributed by atoms with E-state index in [4.69, 9.17) is 0 Å². The maximum absolute atomic E-state index is 11.5. The number of aliphatic hydroxyl groups excluding tert-OH is 1. The summed E-state index contributed by atoms with van der Waals surface area (Å²) in [7, 11) is 0. The fourth-order valence-corrected chi connectivity index (χ4v) is 8.57. The fourth-order valence-electron chi connectivity index (χ4n) is 8.57. The maximum atomic E-state index is 11.5. The van der Waals surface area contributed by atoms with E-state index in [0.29, 0.717) is 16.7 Å². The lowest BCUT2D eigenvalue weighted by Crippen LogP contribution is -2.53. The monoisotopic (exact) mass is 388 g/mol. The predicted molar refractivity (Wildman–Crippen MR) is 116 cm³/mol. The average Bonchev–Trinajstić information content (AvgIpc) is 3.00. The molecule has 0 aliphatic heterocycles. The summed E-state index contributed by atoms with van der Waals surface area (Å²) in [6.45, 7) is 9.44. The lowest BCUT2D eigenvalue weighted by Gasteiger charge is -2.59. The van der Waals surface area contributed by atoms with Gasteiger partial charge in [0.05, 0.1) is 11.7 Å². The van der Waals surface area contributed by atoms with Crippen LogP contribution in [0.5, 0.6) is 0 Å². The van der Waals surface area contributed by atoms with Gasteiger partial charge in [-0.25, -0.2) is 0 Å². The van der Waals surface area contributed by atoms with Crippen LogP contribution in [0.1, 0.15) is 105 Å². The molecule has 3 unspecified atom stereocenters. The Labute approximate surface area is 173 Å². The smallest absolute Gasteiger partial charge is 0.0653 e. The predicted octanol–water partition coefficient (Wildman–Crippen LogP) is 6.26. The molecule has 0 aromatic carbocycles. The zero-order chi connectivity index (χ0) is 20.2. The summed E-state index contributed by atoms with van der Waals surface area (Å²) in [4.78, 5) is 0. The van der Waals surface area contributed by atoms with Crippen LogP contribution in [0, 0.1) is 34.5 Å². The molecule has 0 radical (unpaired) electrons. The van der Waals surface area contributed by atoms with Gasteiger partial charge in [0.25, 0.3) is 0 Å². The maximum Gasteiger partial charge on any atom is 0.0653 e. The minimum absolute atomic E-state index is 0.112. The molecular weight excluding hydrogens is 344 g/mol. The van der Waals surface area contributed by atoms with Crippen molar-refractivity contribution in [2.45, 2.75) is 116 Å². The first-order valence-corrected chi connectivity index (χ1v) is 12.3. The van der Waals surface area contributed by atoms with Crippen molar-refractivity contribution in [1.29, 1.82) is 0 Å². The van der Waals surface area contributed by atoms with Crippen LogP contribution in [0.4, 0.5) is 0 Å². The molecule has 0 amide bonds. The summed E-state index contributed by atoms with van der Waals surface area (Å²) in [6.07, 6.45) is 16.4. The molecule has 4 rings (SSSR count). The minimum atomic E-state index is -0.500. The van der Waals surface area contributed by atoms with Crippen molar-refractivity contribution in [3.63, 3.8) is 0 Å². The van der Waals surface area contributed by atoms with Crippen LogP contribution in [0.3, 0.4) is 0 Å². The zero-order valence-electron chi connectivity index (χ0n) is 18.8. The molecule has 2 N–H and O–H groups in total. The van der Waals surface area contributed by atoms with E-state index in [1.54, 1.807) is 5.57 Å². The first-order chi connectivity index (χ1) is 13.2. The van der Waals surface area contributed by atoms with E-state index in [0.717, 1.165) is 37.0 Å². The molecule has 0 heterocycles. The highest BCUT2D eigenvalue weighted by Gasteiger charge is 2.61. The van der Waals surface area contributed by atoms with Crippen molar-refractivity contribution in [1.82, 2.24) is 0 Å². The van der Waals surface area contributed by atoms with Gasteiger partial charge in [0.1, 0.15) is 0 Å². The molecule has 0 aromatic rings. The molecule has 0 bridgehead atoms. The fraction of sp³-hybridized carbons (Fsp3) is 0.923. The largest absolute Gasteiger partial charge is 0.393 e. The number of hydrogen-bond donors (Lipinski definition) is 2. The normalized spacial score (nSPS) is 47.5. The molecule has 2 heteroatoms. The van der Waals surface area contributed by atoms with Gasteiger partial charge < -0.3 is 10.2 Å². The Balaban J connectivity index is 1.55. The number of hydrogen-bond acceptors (Lipinski definition) is 2. The van der Waals surface area contributed by atoms with Crippen LogP contribution in [-0.4, -0.2) is 21.9 Å². The van der Waals surface area contributed by atoms with E-state index in [9.17, 15) is 10.2 Å². The lowest BCUT2D eigenvalue weighted by molar-refractivity contribution is -0.105. The summed E-state index contributed by atoms with van der Waals surface area (Å²) in [5.74, 6) is 2.82.